The van der Waals surface area contributed by atoms with Crippen LogP contribution in [0.5, 0.6) is 23.0 Å². The monoisotopic (exact) mass is 668 g/mol. The van der Waals surface area contributed by atoms with E-state index in [9.17, 15) is 9.59 Å². The Morgan fingerprint density at radius 2 is 1.05 bits per heavy atom. The lowest BCUT2D eigenvalue weighted by atomic mass is 10.1. The quantitative estimate of drug-likeness (QED) is 0.137. The van der Waals surface area contributed by atoms with E-state index in [0.29, 0.717) is 35.8 Å². The molecule has 0 fully saturated rings. The number of hydrazone groups is 2. The third kappa shape index (κ3) is 10.9. The van der Waals surface area contributed by atoms with E-state index in [1.54, 1.807) is 53.0 Å². The van der Waals surface area contributed by atoms with Gasteiger partial charge in [0.1, 0.15) is 0 Å². The van der Waals surface area contributed by atoms with Gasteiger partial charge in [0.05, 0.1) is 49.8 Å². The molecule has 212 valence electrons. The van der Waals surface area contributed by atoms with Crippen LogP contribution in [0.15, 0.2) is 43.4 Å². The fraction of sp³-hybridized carbons (Fsp3) is 0.407. The average molecular weight is 670 g/mol. The number of carbonyl (C=O) groups is 2. The molecule has 2 N–H and O–H groups in total. The molecule has 0 unspecified atom stereocenters. The third-order valence-electron chi connectivity index (χ3n) is 5.53. The van der Waals surface area contributed by atoms with Crippen molar-refractivity contribution in [3.63, 3.8) is 0 Å². The van der Waals surface area contributed by atoms with Gasteiger partial charge in [-0.25, -0.2) is 10.9 Å². The van der Waals surface area contributed by atoms with Crippen LogP contribution in [0.4, 0.5) is 0 Å². The first kappa shape index (κ1) is 32.1. The zero-order valence-corrected chi connectivity index (χ0v) is 25.7. The van der Waals surface area contributed by atoms with Crippen LogP contribution in [0.2, 0.25) is 0 Å². The van der Waals surface area contributed by atoms with Crippen LogP contribution >= 0.6 is 31.9 Å². The van der Waals surface area contributed by atoms with Gasteiger partial charge in [-0.1, -0.05) is 19.3 Å². The summed E-state index contributed by atoms with van der Waals surface area (Å²) in [4.78, 5) is 24.1. The maximum absolute atomic E-state index is 12.0. The van der Waals surface area contributed by atoms with Crippen molar-refractivity contribution < 1.29 is 28.5 Å². The Labute approximate surface area is 245 Å². The van der Waals surface area contributed by atoms with Gasteiger partial charge < -0.3 is 18.9 Å². The molecule has 0 bridgehead atoms. The molecule has 2 aromatic rings. The highest BCUT2D eigenvalue weighted by Gasteiger charge is 2.11. The first-order valence-corrected chi connectivity index (χ1v) is 13.9. The highest BCUT2D eigenvalue weighted by atomic mass is 79.9. The Bertz CT molecular complexity index is 1080. The second-order valence-electron chi connectivity index (χ2n) is 8.33. The lowest BCUT2D eigenvalue weighted by Gasteiger charge is -2.10. The first-order chi connectivity index (χ1) is 18.8. The van der Waals surface area contributed by atoms with Gasteiger partial charge in [0, 0.05) is 12.8 Å². The van der Waals surface area contributed by atoms with E-state index in [-0.39, 0.29) is 11.8 Å². The van der Waals surface area contributed by atoms with E-state index in [4.69, 9.17) is 18.9 Å². The van der Waals surface area contributed by atoms with Crippen molar-refractivity contribution >= 4 is 56.1 Å². The second-order valence-corrected chi connectivity index (χ2v) is 10.0. The zero-order chi connectivity index (χ0) is 28.6. The topological polar surface area (TPSA) is 120 Å². The van der Waals surface area contributed by atoms with E-state index in [1.807, 2.05) is 12.1 Å². The molecule has 0 spiro atoms. The van der Waals surface area contributed by atoms with Crippen molar-refractivity contribution in [3.8, 4) is 23.0 Å². The molecule has 0 radical (unpaired) electrons. The summed E-state index contributed by atoms with van der Waals surface area (Å²) in [5.74, 6) is 2.01. The van der Waals surface area contributed by atoms with Crippen molar-refractivity contribution in [2.45, 2.75) is 44.9 Å². The summed E-state index contributed by atoms with van der Waals surface area (Å²) in [6.45, 7) is 0. The minimum Gasteiger partial charge on any atom is -0.493 e. The Kier molecular flexibility index (Phi) is 14.4. The Morgan fingerprint density at radius 3 is 1.41 bits per heavy atom. The van der Waals surface area contributed by atoms with Crippen LogP contribution in [0.3, 0.4) is 0 Å². The standard InChI is InChI=1S/C27H34Br2N4O6/c1-36-22-14-18(12-20(28)26(22)38-3)16-30-32-24(34)10-8-6-5-7-9-11-25(35)33-31-17-19-13-21(29)27(39-4)23(15-19)37-2/h12-17H,5-11H2,1-4H3,(H,32,34)(H,33,35)/b30-16+,31-17+. The summed E-state index contributed by atoms with van der Waals surface area (Å²) in [5, 5.41) is 8.03. The first-order valence-electron chi connectivity index (χ1n) is 12.3. The fourth-order valence-electron chi connectivity index (χ4n) is 3.60. The lowest BCUT2D eigenvalue weighted by molar-refractivity contribution is -0.121. The molecule has 0 aliphatic heterocycles. The molecule has 2 aromatic carbocycles. The summed E-state index contributed by atoms with van der Waals surface area (Å²) in [6, 6.07) is 7.18. The number of nitrogens with zero attached hydrogens (tertiary/aromatic N) is 2. The average Bonchev–Trinajstić information content (AvgIpc) is 2.91. The molecule has 0 aromatic heterocycles. The SMILES string of the molecule is COc1cc(/C=N/NC(=O)CCCCCCCC(=O)N/N=C/c2cc(Br)c(OC)c(OC)c2)cc(Br)c1OC. The van der Waals surface area contributed by atoms with E-state index >= 15 is 0 Å². The van der Waals surface area contributed by atoms with Crippen LogP contribution < -0.4 is 29.8 Å². The van der Waals surface area contributed by atoms with Gasteiger partial charge >= 0.3 is 0 Å². The molecule has 0 saturated heterocycles. The normalized spacial score (nSPS) is 11.0. The number of unbranched alkanes of at least 4 members (excludes halogenated alkanes) is 4. The highest BCUT2D eigenvalue weighted by molar-refractivity contribution is 9.11. The summed E-state index contributed by atoms with van der Waals surface area (Å²) in [7, 11) is 6.23. The Balaban J connectivity index is 1.59. The largest absolute Gasteiger partial charge is 0.493 e. The van der Waals surface area contributed by atoms with E-state index < -0.39 is 0 Å². The van der Waals surface area contributed by atoms with Crippen molar-refractivity contribution in [1.82, 2.24) is 10.9 Å². The van der Waals surface area contributed by atoms with E-state index in [1.165, 1.54) is 0 Å². The number of halogens is 2. The molecular formula is C27H34Br2N4O6. The van der Waals surface area contributed by atoms with Crippen molar-refractivity contribution in [1.29, 1.82) is 0 Å². The molecular weight excluding hydrogens is 636 g/mol. The van der Waals surface area contributed by atoms with Crippen molar-refractivity contribution in [2.75, 3.05) is 28.4 Å². The maximum Gasteiger partial charge on any atom is 0.240 e. The van der Waals surface area contributed by atoms with E-state index in [0.717, 1.165) is 52.2 Å². The number of ether oxygens (including phenoxy) is 4. The smallest absolute Gasteiger partial charge is 0.240 e. The van der Waals surface area contributed by atoms with Crippen molar-refractivity contribution in [2.24, 2.45) is 10.2 Å². The van der Waals surface area contributed by atoms with Crippen LogP contribution in [0.1, 0.15) is 56.1 Å². The van der Waals surface area contributed by atoms with Gasteiger partial charge in [0.2, 0.25) is 11.8 Å². The minimum atomic E-state index is -0.149. The lowest BCUT2D eigenvalue weighted by Crippen LogP contribution is -2.17. The van der Waals surface area contributed by atoms with Gasteiger partial charge in [0.25, 0.3) is 0 Å². The number of rotatable bonds is 16. The van der Waals surface area contributed by atoms with Gasteiger partial charge in [-0.3, -0.25) is 9.59 Å². The number of benzene rings is 2. The predicted octanol–water partition coefficient (Wildman–Crippen LogP) is 5.58. The minimum absolute atomic E-state index is 0.149. The Morgan fingerprint density at radius 1 is 0.667 bits per heavy atom. The summed E-state index contributed by atoms with van der Waals surface area (Å²) < 4.78 is 22.6. The molecule has 2 rings (SSSR count). The number of hydrogen-bond acceptors (Lipinski definition) is 8. The number of methoxy groups -OCH3 is 4. The van der Waals surface area contributed by atoms with Gasteiger partial charge in [0.15, 0.2) is 23.0 Å². The van der Waals surface area contributed by atoms with Gasteiger partial charge in [-0.15, -0.1) is 0 Å². The maximum atomic E-state index is 12.0. The van der Waals surface area contributed by atoms with Gasteiger partial charge in [-0.2, -0.15) is 10.2 Å². The molecule has 0 heterocycles. The molecule has 12 heteroatoms. The number of carbonyl (C=O) groups excluding carboxylic acids is 2. The molecule has 2 amide bonds. The fourth-order valence-corrected chi connectivity index (χ4v) is 4.84. The molecule has 0 saturated carbocycles. The second kappa shape index (κ2) is 17.5. The van der Waals surface area contributed by atoms with Crippen molar-refractivity contribution in [3.05, 3.63) is 44.3 Å². The number of hydrogen-bond donors (Lipinski definition) is 2. The third-order valence-corrected chi connectivity index (χ3v) is 6.70. The number of amides is 2. The van der Waals surface area contributed by atoms with Gasteiger partial charge in [-0.05, 0) is 80.1 Å². The van der Waals surface area contributed by atoms with Crippen LogP contribution in [0.25, 0.3) is 0 Å². The highest BCUT2D eigenvalue weighted by Crippen LogP contribution is 2.36. The predicted molar refractivity (Wildman–Crippen MR) is 158 cm³/mol. The number of nitrogens with one attached hydrogen (secondary N) is 2. The van der Waals surface area contributed by atoms with Crippen LogP contribution in [-0.4, -0.2) is 52.7 Å². The van der Waals surface area contributed by atoms with E-state index in [2.05, 4.69) is 52.9 Å². The molecule has 0 atom stereocenters. The molecule has 10 nitrogen and oxygen atoms in total. The zero-order valence-electron chi connectivity index (χ0n) is 22.5. The summed E-state index contributed by atoms with van der Waals surface area (Å²) in [5.41, 5.74) is 6.59. The summed E-state index contributed by atoms with van der Waals surface area (Å²) >= 11 is 6.85. The Hall–Kier alpha value is -3.12. The van der Waals surface area contributed by atoms with Crippen LogP contribution in [-0.2, 0) is 9.59 Å². The summed E-state index contributed by atoms with van der Waals surface area (Å²) in [6.07, 6.45) is 8.09. The van der Waals surface area contributed by atoms with Crippen LogP contribution in [0, 0.1) is 0 Å². The molecule has 0 aliphatic rings. The molecule has 39 heavy (non-hydrogen) atoms. The molecule has 0 aliphatic carbocycles.